The fourth-order valence-corrected chi connectivity index (χ4v) is 1.85. The molecule has 4 nitrogen and oxygen atoms in total. The van der Waals surface area contributed by atoms with Crippen LogP contribution >= 0.6 is 0 Å². The monoisotopic (exact) mass is 277 g/mol. The van der Waals surface area contributed by atoms with E-state index in [1.807, 2.05) is 13.8 Å². The van der Waals surface area contributed by atoms with Crippen LogP contribution in [0.1, 0.15) is 30.6 Å². The van der Waals surface area contributed by atoms with Gasteiger partial charge in [-0.3, -0.25) is 4.79 Å². The van der Waals surface area contributed by atoms with Gasteiger partial charge in [-0.2, -0.15) is 0 Å². The van der Waals surface area contributed by atoms with E-state index in [0.29, 0.717) is 30.9 Å². The number of ether oxygens (including phenoxy) is 1. The number of hydrogen-bond acceptors (Lipinski definition) is 3. The van der Waals surface area contributed by atoms with E-state index in [1.165, 1.54) is 0 Å². The third-order valence-corrected chi connectivity index (χ3v) is 2.91. The van der Waals surface area contributed by atoms with E-state index in [0.717, 1.165) is 0 Å². The van der Waals surface area contributed by atoms with E-state index in [2.05, 4.69) is 6.58 Å². The predicted molar refractivity (Wildman–Crippen MR) is 80.0 cm³/mol. The third kappa shape index (κ3) is 4.70. The molecular formula is C16H23NO3. The lowest BCUT2D eigenvalue weighted by atomic mass is 10.1. The largest absolute Gasteiger partial charge is 0.490 e. The summed E-state index contributed by atoms with van der Waals surface area (Å²) in [7, 11) is 0. The van der Waals surface area contributed by atoms with Crippen LogP contribution in [0.25, 0.3) is 0 Å². The number of rotatable bonds is 8. The van der Waals surface area contributed by atoms with E-state index in [4.69, 9.17) is 9.84 Å². The van der Waals surface area contributed by atoms with Crippen molar-refractivity contribution >= 4 is 5.91 Å². The van der Waals surface area contributed by atoms with Crippen LogP contribution in [0, 0.1) is 0 Å². The zero-order valence-electron chi connectivity index (χ0n) is 12.2. The van der Waals surface area contributed by atoms with E-state index in [9.17, 15) is 4.79 Å². The Hall–Kier alpha value is -1.81. The second-order valence-electron chi connectivity index (χ2n) is 4.79. The number of aliphatic hydroxyl groups is 1. The minimum atomic E-state index is -0.0243. The lowest BCUT2D eigenvalue weighted by molar-refractivity contribution is 0.0693. The molecule has 0 bridgehead atoms. The van der Waals surface area contributed by atoms with E-state index in [-0.39, 0.29) is 18.6 Å². The van der Waals surface area contributed by atoms with Crippen LogP contribution in [0.4, 0.5) is 0 Å². The Bertz CT molecular complexity index is 426. The van der Waals surface area contributed by atoms with Gasteiger partial charge in [0.25, 0.3) is 5.91 Å². The highest BCUT2D eigenvalue weighted by Crippen LogP contribution is 2.15. The average molecular weight is 277 g/mol. The Kier molecular flexibility index (Phi) is 6.81. The molecule has 0 heterocycles. The van der Waals surface area contributed by atoms with Gasteiger partial charge in [0.05, 0.1) is 0 Å². The molecule has 0 aromatic heterocycles. The van der Waals surface area contributed by atoms with Crippen molar-refractivity contribution in [2.24, 2.45) is 0 Å². The molecule has 0 unspecified atom stereocenters. The molecule has 1 rings (SSSR count). The molecule has 0 radical (unpaired) electrons. The molecule has 4 heteroatoms. The predicted octanol–water partition coefficient (Wildman–Crippen LogP) is 2.48. The van der Waals surface area contributed by atoms with Crippen LogP contribution in [-0.2, 0) is 0 Å². The number of hydrogen-bond donors (Lipinski definition) is 1. The fourth-order valence-electron chi connectivity index (χ4n) is 1.85. The molecule has 0 aliphatic heterocycles. The number of carbonyl (C=O) groups excluding carboxylic acids is 1. The first-order valence-electron chi connectivity index (χ1n) is 6.85. The number of amides is 1. The summed E-state index contributed by atoms with van der Waals surface area (Å²) in [6, 6.07) is 7.18. The van der Waals surface area contributed by atoms with Crippen molar-refractivity contribution in [2.75, 3.05) is 19.8 Å². The summed E-state index contributed by atoms with van der Waals surface area (Å²) >= 11 is 0. The molecule has 0 aliphatic rings. The number of aliphatic hydroxyl groups excluding tert-OH is 1. The quantitative estimate of drug-likeness (QED) is 0.743. The first-order valence-corrected chi connectivity index (χ1v) is 6.85. The van der Waals surface area contributed by atoms with Gasteiger partial charge in [0, 0.05) is 24.8 Å². The molecule has 0 fully saturated rings. The van der Waals surface area contributed by atoms with Gasteiger partial charge in [-0.25, -0.2) is 0 Å². The highest BCUT2D eigenvalue weighted by atomic mass is 16.5. The Labute approximate surface area is 120 Å². The Morgan fingerprint density at radius 1 is 1.40 bits per heavy atom. The lowest BCUT2D eigenvalue weighted by Gasteiger charge is -2.26. The third-order valence-electron chi connectivity index (χ3n) is 2.91. The first kappa shape index (κ1) is 16.2. The minimum absolute atomic E-state index is 0.0243. The van der Waals surface area contributed by atoms with Crippen molar-refractivity contribution in [3.8, 4) is 5.75 Å². The van der Waals surface area contributed by atoms with Gasteiger partial charge in [0.15, 0.2) is 0 Å². The Morgan fingerprint density at radius 3 is 2.55 bits per heavy atom. The minimum Gasteiger partial charge on any atom is -0.490 e. The van der Waals surface area contributed by atoms with Gasteiger partial charge in [0.2, 0.25) is 0 Å². The van der Waals surface area contributed by atoms with Gasteiger partial charge in [-0.1, -0.05) is 12.7 Å². The van der Waals surface area contributed by atoms with Crippen LogP contribution in [0.2, 0.25) is 0 Å². The first-order chi connectivity index (χ1) is 9.60. The zero-order valence-corrected chi connectivity index (χ0v) is 12.2. The van der Waals surface area contributed by atoms with Crippen molar-refractivity contribution in [1.29, 1.82) is 0 Å². The number of nitrogens with zero attached hydrogens (tertiary/aromatic N) is 1. The summed E-state index contributed by atoms with van der Waals surface area (Å²) in [5.74, 6) is 0.691. The highest BCUT2D eigenvalue weighted by Gasteiger charge is 2.18. The number of carbonyl (C=O) groups is 1. The van der Waals surface area contributed by atoms with Crippen molar-refractivity contribution in [3.63, 3.8) is 0 Å². The molecule has 20 heavy (non-hydrogen) atoms. The summed E-state index contributed by atoms with van der Waals surface area (Å²) in [5.41, 5.74) is 0.627. The fraction of sp³-hybridized carbons (Fsp3) is 0.438. The van der Waals surface area contributed by atoms with Crippen LogP contribution in [0.3, 0.4) is 0 Å². The van der Waals surface area contributed by atoms with E-state index < -0.39 is 0 Å². The van der Waals surface area contributed by atoms with Crippen molar-refractivity contribution in [1.82, 2.24) is 4.90 Å². The van der Waals surface area contributed by atoms with Crippen LogP contribution < -0.4 is 4.74 Å². The van der Waals surface area contributed by atoms with Crippen LogP contribution in [-0.4, -0.2) is 41.7 Å². The second kappa shape index (κ2) is 8.38. The molecular weight excluding hydrogens is 254 g/mol. The maximum Gasteiger partial charge on any atom is 0.254 e. The van der Waals surface area contributed by atoms with Gasteiger partial charge in [-0.15, -0.1) is 0 Å². The molecule has 0 spiro atoms. The van der Waals surface area contributed by atoms with Crippen molar-refractivity contribution in [3.05, 3.63) is 42.5 Å². The topological polar surface area (TPSA) is 49.8 Å². The Balaban J connectivity index is 2.75. The maximum absolute atomic E-state index is 12.4. The van der Waals surface area contributed by atoms with Crippen LogP contribution in [0.15, 0.2) is 36.9 Å². The molecule has 0 saturated heterocycles. The molecule has 0 saturated carbocycles. The molecule has 1 aromatic rings. The molecule has 0 atom stereocenters. The van der Waals surface area contributed by atoms with Gasteiger partial charge in [-0.05, 0) is 44.5 Å². The van der Waals surface area contributed by atoms with Gasteiger partial charge in [0.1, 0.15) is 12.4 Å². The maximum atomic E-state index is 12.4. The smallest absolute Gasteiger partial charge is 0.254 e. The SMILES string of the molecule is C=CCOc1ccc(C(=O)N(CCCO)C(C)C)cc1. The summed E-state index contributed by atoms with van der Waals surface area (Å²) in [6.45, 7) is 8.62. The molecule has 1 amide bonds. The van der Waals surface area contributed by atoms with E-state index >= 15 is 0 Å². The standard InChI is InChI=1S/C16H23NO3/c1-4-12-20-15-8-6-14(7-9-15)16(19)17(13(2)3)10-5-11-18/h4,6-9,13,18H,1,5,10-12H2,2-3H3. The normalized spacial score (nSPS) is 10.4. The highest BCUT2D eigenvalue weighted by molar-refractivity contribution is 5.94. The van der Waals surface area contributed by atoms with Crippen LogP contribution in [0.5, 0.6) is 5.75 Å². The second-order valence-corrected chi connectivity index (χ2v) is 4.79. The summed E-state index contributed by atoms with van der Waals surface area (Å²) < 4.78 is 5.39. The molecule has 1 N–H and O–H groups in total. The lowest BCUT2D eigenvalue weighted by Crippen LogP contribution is -2.38. The summed E-state index contributed by atoms with van der Waals surface area (Å²) in [5, 5.41) is 8.91. The zero-order chi connectivity index (χ0) is 15.0. The average Bonchev–Trinajstić information content (AvgIpc) is 2.45. The van der Waals surface area contributed by atoms with Gasteiger partial charge < -0.3 is 14.7 Å². The van der Waals surface area contributed by atoms with Crippen molar-refractivity contribution in [2.45, 2.75) is 26.3 Å². The van der Waals surface area contributed by atoms with Gasteiger partial charge >= 0.3 is 0 Å². The van der Waals surface area contributed by atoms with Crippen molar-refractivity contribution < 1.29 is 14.6 Å². The Morgan fingerprint density at radius 2 is 2.05 bits per heavy atom. The number of benzene rings is 1. The molecule has 110 valence electrons. The molecule has 1 aromatic carbocycles. The summed E-state index contributed by atoms with van der Waals surface area (Å²) in [6.07, 6.45) is 2.26. The summed E-state index contributed by atoms with van der Waals surface area (Å²) in [4.78, 5) is 14.2. The molecule has 0 aliphatic carbocycles. The van der Waals surface area contributed by atoms with E-state index in [1.54, 1.807) is 35.2 Å².